The van der Waals surface area contributed by atoms with Gasteiger partial charge in [0, 0.05) is 39.7 Å². The Morgan fingerprint density at radius 2 is 2.00 bits per heavy atom. The molecule has 0 aromatic heterocycles. The first-order chi connectivity index (χ1) is 7.74. The van der Waals surface area contributed by atoms with Gasteiger partial charge in [-0.2, -0.15) is 0 Å². The van der Waals surface area contributed by atoms with E-state index in [9.17, 15) is 4.79 Å². The highest BCUT2D eigenvalue weighted by Gasteiger charge is 2.18. The summed E-state index contributed by atoms with van der Waals surface area (Å²) >= 11 is 0. The summed E-state index contributed by atoms with van der Waals surface area (Å²) in [5.41, 5.74) is 0. The third-order valence-electron chi connectivity index (χ3n) is 2.75. The molecule has 0 atom stereocenters. The number of carbonyl (C=O) groups is 1. The first-order valence-electron chi connectivity index (χ1n) is 5.77. The molecule has 1 fully saturated rings. The molecule has 16 heavy (non-hydrogen) atoms. The maximum Gasteiger partial charge on any atom is 0.223 e. The molecule has 1 amide bonds. The molecule has 1 rings (SSSR count). The van der Waals surface area contributed by atoms with Crippen molar-refractivity contribution in [3.63, 3.8) is 0 Å². The smallest absolute Gasteiger partial charge is 0.223 e. The van der Waals surface area contributed by atoms with Crippen LogP contribution in [0.4, 0.5) is 0 Å². The van der Waals surface area contributed by atoms with Gasteiger partial charge in [-0.05, 0) is 7.05 Å². The van der Waals surface area contributed by atoms with E-state index >= 15 is 0 Å². The van der Waals surface area contributed by atoms with Crippen molar-refractivity contribution in [3.8, 4) is 0 Å². The van der Waals surface area contributed by atoms with Crippen LogP contribution in [0.5, 0.6) is 0 Å². The average Bonchev–Trinajstić information content (AvgIpc) is 2.43. The maximum atomic E-state index is 11.7. The predicted octanol–water partition coefficient (Wildman–Crippen LogP) is -0.186. The van der Waals surface area contributed by atoms with Crippen molar-refractivity contribution in [1.82, 2.24) is 9.80 Å². The summed E-state index contributed by atoms with van der Waals surface area (Å²) < 4.78 is 10.2. The number of rotatable bonds is 6. The third-order valence-corrected chi connectivity index (χ3v) is 2.75. The molecule has 1 heterocycles. The van der Waals surface area contributed by atoms with Crippen LogP contribution >= 0.6 is 0 Å². The molecule has 1 aliphatic heterocycles. The van der Waals surface area contributed by atoms with Gasteiger partial charge in [0.2, 0.25) is 5.91 Å². The second kappa shape index (κ2) is 7.60. The first-order valence-corrected chi connectivity index (χ1v) is 5.77. The molecule has 1 aliphatic rings. The van der Waals surface area contributed by atoms with E-state index in [2.05, 4.69) is 4.90 Å². The molecule has 0 aliphatic carbocycles. The zero-order valence-corrected chi connectivity index (χ0v) is 10.3. The molecule has 0 bridgehead atoms. The van der Waals surface area contributed by atoms with Crippen molar-refractivity contribution < 1.29 is 14.3 Å². The quantitative estimate of drug-likeness (QED) is 0.593. The summed E-state index contributed by atoms with van der Waals surface area (Å²) in [4.78, 5) is 15.8. The normalized spacial score (nSPS) is 18.9. The minimum Gasteiger partial charge on any atom is -0.382 e. The lowest BCUT2D eigenvalue weighted by Gasteiger charge is -2.20. The van der Waals surface area contributed by atoms with Crippen LogP contribution < -0.4 is 0 Å². The van der Waals surface area contributed by atoms with Gasteiger partial charge in [0.1, 0.15) is 0 Å². The minimum absolute atomic E-state index is 0.236. The van der Waals surface area contributed by atoms with Gasteiger partial charge in [-0.1, -0.05) is 0 Å². The van der Waals surface area contributed by atoms with E-state index < -0.39 is 0 Å². The second-order valence-corrected chi connectivity index (χ2v) is 4.04. The van der Waals surface area contributed by atoms with E-state index in [-0.39, 0.29) is 5.91 Å². The molecule has 0 unspecified atom stereocenters. The van der Waals surface area contributed by atoms with E-state index in [4.69, 9.17) is 9.47 Å². The van der Waals surface area contributed by atoms with E-state index in [1.54, 1.807) is 7.11 Å². The molecule has 0 saturated carbocycles. The Morgan fingerprint density at radius 3 is 2.75 bits per heavy atom. The van der Waals surface area contributed by atoms with Gasteiger partial charge < -0.3 is 19.3 Å². The van der Waals surface area contributed by atoms with Gasteiger partial charge in [-0.15, -0.1) is 0 Å². The molecule has 5 heteroatoms. The zero-order chi connectivity index (χ0) is 11.8. The Balaban J connectivity index is 2.16. The summed E-state index contributed by atoms with van der Waals surface area (Å²) in [6.07, 6.45) is 0.620. The maximum absolute atomic E-state index is 11.7. The van der Waals surface area contributed by atoms with Gasteiger partial charge >= 0.3 is 0 Å². The highest BCUT2D eigenvalue weighted by Crippen LogP contribution is 2.02. The first kappa shape index (κ1) is 13.4. The van der Waals surface area contributed by atoms with Gasteiger partial charge in [-0.3, -0.25) is 4.79 Å². The highest BCUT2D eigenvalue weighted by molar-refractivity contribution is 5.76. The molecule has 5 nitrogen and oxygen atoms in total. The van der Waals surface area contributed by atoms with Crippen LogP contribution in [-0.4, -0.2) is 75.9 Å². The second-order valence-electron chi connectivity index (χ2n) is 4.04. The van der Waals surface area contributed by atoms with E-state index in [0.717, 1.165) is 19.6 Å². The molecular formula is C11H22N2O3. The van der Waals surface area contributed by atoms with Crippen molar-refractivity contribution in [2.24, 2.45) is 0 Å². The highest BCUT2D eigenvalue weighted by atomic mass is 16.5. The van der Waals surface area contributed by atoms with Crippen molar-refractivity contribution in [2.45, 2.75) is 6.42 Å². The lowest BCUT2D eigenvalue weighted by atomic mass is 10.3. The van der Waals surface area contributed by atoms with Crippen LogP contribution in [0.15, 0.2) is 0 Å². The standard InChI is InChI=1S/C11H22N2O3/c1-12-4-3-11(14)13(6-5-12)7-8-16-10-9-15-2/h3-10H2,1-2H3. The third kappa shape index (κ3) is 4.92. The van der Waals surface area contributed by atoms with Gasteiger partial charge in [-0.25, -0.2) is 0 Å². The van der Waals surface area contributed by atoms with E-state index in [1.807, 2.05) is 11.9 Å². The molecule has 0 radical (unpaired) electrons. The van der Waals surface area contributed by atoms with Crippen LogP contribution in [0, 0.1) is 0 Å². The number of nitrogens with zero attached hydrogens (tertiary/aromatic N) is 2. The number of hydrogen-bond acceptors (Lipinski definition) is 4. The molecule has 1 saturated heterocycles. The molecular weight excluding hydrogens is 208 g/mol. The Hall–Kier alpha value is -0.650. The van der Waals surface area contributed by atoms with Gasteiger partial charge in [0.05, 0.1) is 19.8 Å². The largest absolute Gasteiger partial charge is 0.382 e. The Labute approximate surface area is 97.3 Å². The monoisotopic (exact) mass is 230 g/mol. The fourth-order valence-corrected chi connectivity index (χ4v) is 1.63. The number of likely N-dealkylation sites (N-methyl/N-ethyl adjacent to an activating group) is 1. The summed E-state index contributed by atoms with van der Waals surface area (Å²) in [6, 6.07) is 0. The van der Waals surface area contributed by atoms with Crippen LogP contribution in [0.3, 0.4) is 0 Å². The van der Waals surface area contributed by atoms with E-state index in [1.165, 1.54) is 0 Å². The molecule has 0 aromatic carbocycles. The minimum atomic E-state index is 0.236. The number of hydrogen-bond donors (Lipinski definition) is 0. The van der Waals surface area contributed by atoms with Crippen LogP contribution in [0.2, 0.25) is 0 Å². The Morgan fingerprint density at radius 1 is 1.19 bits per heavy atom. The van der Waals surface area contributed by atoms with Gasteiger partial charge in [0.15, 0.2) is 0 Å². The summed E-state index contributed by atoms with van der Waals surface area (Å²) in [6.45, 7) is 5.11. The fourth-order valence-electron chi connectivity index (χ4n) is 1.63. The number of amides is 1. The summed E-state index contributed by atoms with van der Waals surface area (Å²) in [5, 5.41) is 0. The fraction of sp³-hybridized carbons (Fsp3) is 0.909. The average molecular weight is 230 g/mol. The molecule has 94 valence electrons. The molecule has 0 spiro atoms. The molecule has 0 aromatic rings. The summed E-state index contributed by atoms with van der Waals surface area (Å²) in [7, 11) is 3.70. The topological polar surface area (TPSA) is 42.0 Å². The number of ether oxygens (including phenoxy) is 2. The van der Waals surface area contributed by atoms with E-state index in [0.29, 0.717) is 32.8 Å². The number of methoxy groups -OCH3 is 1. The van der Waals surface area contributed by atoms with Crippen molar-refractivity contribution >= 4 is 5.91 Å². The lowest BCUT2D eigenvalue weighted by Crippen LogP contribution is -2.35. The lowest BCUT2D eigenvalue weighted by molar-refractivity contribution is -0.131. The van der Waals surface area contributed by atoms with Crippen LogP contribution in [0.25, 0.3) is 0 Å². The Kier molecular flexibility index (Phi) is 6.37. The SMILES string of the molecule is COCCOCCN1CCN(C)CCC1=O. The zero-order valence-electron chi connectivity index (χ0n) is 10.3. The summed E-state index contributed by atoms with van der Waals surface area (Å²) in [5.74, 6) is 0.236. The Bertz CT molecular complexity index is 211. The van der Waals surface area contributed by atoms with Crippen molar-refractivity contribution in [3.05, 3.63) is 0 Å². The van der Waals surface area contributed by atoms with Crippen molar-refractivity contribution in [2.75, 3.05) is 60.2 Å². The predicted molar refractivity (Wildman–Crippen MR) is 61.4 cm³/mol. The number of carbonyl (C=O) groups excluding carboxylic acids is 1. The molecule has 0 N–H and O–H groups in total. The van der Waals surface area contributed by atoms with Crippen LogP contribution in [0.1, 0.15) is 6.42 Å². The van der Waals surface area contributed by atoms with Crippen molar-refractivity contribution in [1.29, 1.82) is 0 Å². The van der Waals surface area contributed by atoms with Crippen LogP contribution in [-0.2, 0) is 14.3 Å². The van der Waals surface area contributed by atoms with Gasteiger partial charge in [0.25, 0.3) is 0 Å².